The van der Waals surface area contributed by atoms with Gasteiger partial charge in [0.15, 0.2) is 0 Å². The van der Waals surface area contributed by atoms with E-state index in [0.717, 1.165) is 81.5 Å². The molecular formula is C66H74O6. The molecule has 0 aromatic heterocycles. The van der Waals surface area contributed by atoms with Crippen molar-refractivity contribution >= 4 is 11.9 Å². The van der Waals surface area contributed by atoms with E-state index in [9.17, 15) is 19.8 Å². The molecule has 4 atom stereocenters. The average Bonchev–Trinajstić information content (AvgIpc) is 3.34. The van der Waals surface area contributed by atoms with Gasteiger partial charge >= 0.3 is 11.9 Å². The number of hydrogen-bond acceptors (Lipinski definition) is 4. The van der Waals surface area contributed by atoms with Crippen LogP contribution >= 0.6 is 0 Å². The van der Waals surface area contributed by atoms with Gasteiger partial charge in [-0.1, -0.05) is 36.4 Å². The molecule has 16 fully saturated rings. The highest BCUT2D eigenvalue weighted by molar-refractivity contribution is 5.91. The van der Waals surface area contributed by atoms with Crippen molar-refractivity contribution in [3.8, 4) is 23.0 Å². The minimum atomic E-state index is -0.828. The largest absolute Gasteiger partial charge is 0.478 e. The molecule has 6 heteroatoms. The molecule has 16 aliphatic carbocycles. The van der Waals surface area contributed by atoms with Gasteiger partial charge < -0.3 is 19.7 Å². The minimum absolute atomic E-state index is 0.209. The van der Waals surface area contributed by atoms with E-state index in [-0.39, 0.29) is 22.7 Å². The maximum absolute atomic E-state index is 12.8. The number of hydrogen-bond donors (Lipinski definition) is 2. The predicted molar refractivity (Wildman–Crippen MR) is 277 cm³/mol. The lowest BCUT2D eigenvalue weighted by Crippen LogP contribution is -2.66. The van der Waals surface area contributed by atoms with E-state index in [1.54, 1.807) is 0 Å². The second-order valence-corrected chi connectivity index (χ2v) is 28.3. The normalized spacial score (nSPS) is 43.9. The smallest absolute Gasteiger partial charge is 0.336 e. The van der Waals surface area contributed by atoms with Crippen LogP contribution in [0, 0.1) is 81.8 Å². The second-order valence-electron chi connectivity index (χ2n) is 28.3. The molecule has 72 heavy (non-hydrogen) atoms. The molecule has 6 nitrogen and oxygen atoms in total. The summed E-state index contributed by atoms with van der Waals surface area (Å²) in [5.41, 5.74) is 7.03. The van der Waals surface area contributed by atoms with Gasteiger partial charge in [0.05, 0.1) is 11.1 Å². The van der Waals surface area contributed by atoms with Gasteiger partial charge in [-0.25, -0.2) is 9.59 Å². The van der Waals surface area contributed by atoms with Crippen molar-refractivity contribution in [1.82, 2.24) is 0 Å². The van der Waals surface area contributed by atoms with E-state index in [2.05, 4.69) is 48.5 Å². The highest BCUT2D eigenvalue weighted by Crippen LogP contribution is 2.79. The van der Waals surface area contributed by atoms with Crippen LogP contribution in [0.25, 0.3) is 0 Å². The molecule has 4 unspecified atom stereocenters. The molecule has 0 radical (unpaired) electrons. The zero-order valence-corrected chi connectivity index (χ0v) is 42.2. The molecule has 16 aliphatic rings. The second kappa shape index (κ2) is 15.5. The Balaban J connectivity index is 0.675. The van der Waals surface area contributed by atoms with Gasteiger partial charge in [0.1, 0.15) is 23.0 Å². The molecule has 16 bridgehead atoms. The monoisotopic (exact) mass is 963 g/mol. The molecule has 20 rings (SSSR count). The Kier molecular flexibility index (Phi) is 9.43. The van der Waals surface area contributed by atoms with Crippen molar-refractivity contribution < 1.29 is 29.3 Å². The van der Waals surface area contributed by atoms with Crippen molar-refractivity contribution in [3.63, 3.8) is 0 Å². The fourth-order valence-electron chi connectivity index (χ4n) is 23.6. The van der Waals surface area contributed by atoms with Crippen molar-refractivity contribution in [3.05, 3.63) is 118 Å². The van der Waals surface area contributed by atoms with Gasteiger partial charge in [-0.05, 0) is 305 Å². The summed E-state index contributed by atoms with van der Waals surface area (Å²) in [6, 6.07) is 30.1. The molecule has 0 aliphatic heterocycles. The molecule has 374 valence electrons. The van der Waals surface area contributed by atoms with Gasteiger partial charge in [-0.2, -0.15) is 0 Å². The van der Waals surface area contributed by atoms with E-state index in [1.165, 1.54) is 152 Å². The lowest BCUT2D eigenvalue weighted by molar-refractivity contribution is -0.212. The Morgan fingerprint density at radius 2 is 0.708 bits per heavy atom. The first-order valence-corrected chi connectivity index (χ1v) is 29.3. The van der Waals surface area contributed by atoms with E-state index in [1.807, 2.05) is 36.4 Å². The van der Waals surface area contributed by atoms with Crippen LogP contribution in [0.5, 0.6) is 23.0 Å². The molecule has 4 aromatic rings. The molecule has 4 aromatic carbocycles. The van der Waals surface area contributed by atoms with Crippen LogP contribution in [0.3, 0.4) is 0 Å². The SMILES string of the molecule is O=C(O)c1cccc(Oc2ccc(C34CC5CC(C3)CC(C36CC7CC(CC(c8ccc(Oc9cccc(C(=O)O)c9C9C%10CC%11CC(C%10)CC9C%11)cc8)(C7)C3)C6)(C5)C4)cc2)c1C1C2CC3CC(C2)CC1C3. The van der Waals surface area contributed by atoms with Crippen molar-refractivity contribution in [2.75, 3.05) is 0 Å². The molecule has 0 saturated heterocycles. The van der Waals surface area contributed by atoms with E-state index in [0.29, 0.717) is 45.6 Å². The van der Waals surface area contributed by atoms with Crippen LogP contribution < -0.4 is 9.47 Å². The maximum atomic E-state index is 12.8. The van der Waals surface area contributed by atoms with Crippen LogP contribution in [0.2, 0.25) is 0 Å². The van der Waals surface area contributed by atoms with E-state index < -0.39 is 11.9 Å². The van der Waals surface area contributed by atoms with Crippen LogP contribution in [-0.4, -0.2) is 22.2 Å². The van der Waals surface area contributed by atoms with E-state index in [4.69, 9.17) is 9.47 Å². The lowest BCUT2D eigenvalue weighted by atomic mass is 9.30. The summed E-state index contributed by atoms with van der Waals surface area (Å²) in [5.74, 6) is 10.9. The van der Waals surface area contributed by atoms with Crippen LogP contribution in [0.4, 0.5) is 0 Å². The summed E-state index contributed by atoms with van der Waals surface area (Å²) in [7, 11) is 0. The van der Waals surface area contributed by atoms with Gasteiger partial charge in [0, 0.05) is 11.1 Å². The molecule has 0 heterocycles. The molecule has 0 amide bonds. The zero-order valence-electron chi connectivity index (χ0n) is 42.2. The summed E-state index contributed by atoms with van der Waals surface area (Å²) in [4.78, 5) is 25.7. The number of benzene rings is 4. The first-order valence-electron chi connectivity index (χ1n) is 29.3. The minimum Gasteiger partial charge on any atom is -0.478 e. The van der Waals surface area contributed by atoms with Crippen molar-refractivity contribution in [2.45, 2.75) is 164 Å². The van der Waals surface area contributed by atoms with Gasteiger partial charge in [-0.3, -0.25) is 0 Å². The third kappa shape index (κ3) is 6.50. The number of rotatable bonds is 11. The molecule has 0 spiro atoms. The highest BCUT2D eigenvalue weighted by atomic mass is 16.5. The van der Waals surface area contributed by atoms with Crippen LogP contribution in [0.1, 0.15) is 196 Å². The first-order chi connectivity index (χ1) is 35.0. The number of carboxylic acids is 2. The Labute approximate surface area is 426 Å². The Hall–Kier alpha value is -4.58. The van der Waals surface area contributed by atoms with Gasteiger partial charge in [0.2, 0.25) is 0 Å². The fourth-order valence-corrected chi connectivity index (χ4v) is 23.6. The van der Waals surface area contributed by atoms with Crippen LogP contribution in [-0.2, 0) is 10.8 Å². The quantitative estimate of drug-likeness (QED) is 0.156. The Morgan fingerprint density at radius 1 is 0.389 bits per heavy atom. The number of carbonyl (C=O) groups is 2. The fraction of sp³-hybridized carbons (Fsp3) is 0.606. The summed E-state index contributed by atoms with van der Waals surface area (Å²) in [6.45, 7) is 0. The third-order valence-electron chi connectivity index (χ3n) is 24.3. The van der Waals surface area contributed by atoms with Crippen LogP contribution in [0.15, 0.2) is 84.9 Å². The van der Waals surface area contributed by atoms with Gasteiger partial charge in [0.25, 0.3) is 0 Å². The molecular weight excluding hydrogens is 889 g/mol. The Bertz CT molecular complexity index is 2600. The molecule has 16 saturated carbocycles. The Morgan fingerprint density at radius 3 is 1.03 bits per heavy atom. The summed E-state index contributed by atoms with van der Waals surface area (Å²) < 4.78 is 13.7. The average molecular weight is 963 g/mol. The standard InChI is InChI=1S/C66H74O6/c67-61(68)53-3-1-5-55(59(53)57-45-19-37-15-38(21-45)22-46(57)20-37)71-51-11-7-49(8-12-51)63-27-41-17-42(28-63)32-65(31-41,35-63)66-33-43-18-44(34-66)30-64(29-43,36-66)50-9-13-52(14-10-50)72-56-6-2-4-54(62(69)70)60(56)58-47-23-39-16-40(25-47)26-48(58)24-39/h1-14,37-48,57-58H,15-36H2,(H,67,68)(H,69,70). The third-order valence-corrected chi connectivity index (χ3v) is 24.3. The summed E-state index contributed by atoms with van der Waals surface area (Å²) >= 11 is 0. The number of ether oxygens (including phenoxy) is 2. The summed E-state index contributed by atoms with van der Waals surface area (Å²) in [6.07, 6.45) is 29.1. The lowest BCUT2D eigenvalue weighted by Gasteiger charge is -2.74. The zero-order chi connectivity index (χ0) is 47.9. The molecule has 2 N–H and O–H groups in total. The highest BCUT2D eigenvalue weighted by Gasteiger charge is 2.70. The number of carboxylic acid groups (broad SMARTS) is 2. The number of aromatic carboxylic acids is 2. The maximum Gasteiger partial charge on any atom is 0.336 e. The topological polar surface area (TPSA) is 93.1 Å². The van der Waals surface area contributed by atoms with Gasteiger partial charge in [-0.15, -0.1) is 0 Å². The summed E-state index contributed by atoms with van der Waals surface area (Å²) in [5, 5.41) is 21.1. The van der Waals surface area contributed by atoms with E-state index >= 15 is 0 Å². The predicted octanol–water partition coefficient (Wildman–Crippen LogP) is 16.1. The van der Waals surface area contributed by atoms with Crippen molar-refractivity contribution in [2.24, 2.45) is 81.8 Å². The first kappa shape index (κ1) is 43.8. The van der Waals surface area contributed by atoms with Crippen molar-refractivity contribution in [1.29, 1.82) is 0 Å².